The molecule has 8 nitrogen and oxygen atoms in total. The number of piperidine rings is 1. The molecule has 1 saturated heterocycles. The van der Waals surface area contributed by atoms with Gasteiger partial charge in [-0.05, 0) is 32.6 Å². The number of anilines is 1. The summed E-state index contributed by atoms with van der Waals surface area (Å²) in [6.07, 6.45) is 7.76. The Bertz CT molecular complexity index is 948. The molecule has 2 aromatic heterocycles. The van der Waals surface area contributed by atoms with E-state index in [-0.39, 0.29) is 11.7 Å². The molecule has 0 spiro atoms. The van der Waals surface area contributed by atoms with Crippen molar-refractivity contribution in [3.05, 3.63) is 23.9 Å². The third-order valence-corrected chi connectivity index (χ3v) is 6.40. The van der Waals surface area contributed by atoms with Crippen molar-refractivity contribution in [2.75, 3.05) is 24.7 Å². The van der Waals surface area contributed by atoms with Gasteiger partial charge < -0.3 is 5.32 Å². The zero-order valence-corrected chi connectivity index (χ0v) is 16.2. The van der Waals surface area contributed by atoms with Crippen LogP contribution < -0.4 is 5.32 Å². The second-order valence-corrected chi connectivity index (χ2v) is 9.29. The van der Waals surface area contributed by atoms with Gasteiger partial charge >= 0.3 is 0 Å². The van der Waals surface area contributed by atoms with Crippen molar-refractivity contribution in [3.8, 4) is 11.3 Å². The number of nitrogens with one attached hydrogen (secondary N) is 1. The monoisotopic (exact) mass is 394 g/mol. The lowest BCUT2D eigenvalue weighted by molar-refractivity contribution is 0.331. The number of aromatic nitrogens is 4. The number of aryl methyl sites for hydroxylation is 1. The Morgan fingerprint density at radius 3 is 2.56 bits per heavy atom. The molecule has 0 aromatic carbocycles. The van der Waals surface area contributed by atoms with Gasteiger partial charge in [-0.2, -0.15) is 5.10 Å². The lowest BCUT2D eigenvalue weighted by Gasteiger charge is -2.30. The summed E-state index contributed by atoms with van der Waals surface area (Å²) in [5.41, 5.74) is 1.66. The first-order valence-electron chi connectivity index (χ1n) is 9.11. The molecule has 0 amide bonds. The van der Waals surface area contributed by atoms with Crippen molar-refractivity contribution in [3.63, 3.8) is 0 Å². The van der Waals surface area contributed by atoms with Gasteiger partial charge in [-0.3, -0.25) is 4.68 Å². The normalized spacial score (nSPS) is 19.4. The maximum atomic E-state index is 14.4. The second-order valence-electron chi connectivity index (χ2n) is 7.31. The number of sulfonamides is 1. The van der Waals surface area contributed by atoms with Crippen molar-refractivity contribution in [1.82, 2.24) is 24.1 Å². The van der Waals surface area contributed by atoms with E-state index in [0.717, 1.165) is 18.5 Å². The molecule has 10 heteroatoms. The zero-order valence-electron chi connectivity index (χ0n) is 15.4. The summed E-state index contributed by atoms with van der Waals surface area (Å²) < 4.78 is 40.9. The fraction of sp³-hybridized carbons (Fsp3) is 0.588. The van der Waals surface area contributed by atoms with Gasteiger partial charge in [0.2, 0.25) is 16.0 Å². The summed E-state index contributed by atoms with van der Waals surface area (Å²) in [7, 11) is -3.16. The largest absolute Gasteiger partial charge is 0.351 e. The van der Waals surface area contributed by atoms with Crippen LogP contribution in [0.3, 0.4) is 0 Å². The van der Waals surface area contributed by atoms with Gasteiger partial charge in [0.25, 0.3) is 0 Å². The van der Waals surface area contributed by atoms with Gasteiger partial charge in [-0.25, -0.2) is 27.1 Å². The maximum Gasteiger partial charge on any atom is 0.223 e. The van der Waals surface area contributed by atoms with Crippen molar-refractivity contribution in [1.29, 1.82) is 0 Å². The molecule has 0 atom stereocenters. The molecule has 3 heterocycles. The number of rotatable bonds is 5. The van der Waals surface area contributed by atoms with E-state index in [9.17, 15) is 12.8 Å². The molecule has 1 aliphatic heterocycles. The molecule has 1 N–H and O–H groups in total. The number of halogens is 1. The van der Waals surface area contributed by atoms with Crippen molar-refractivity contribution >= 4 is 16.0 Å². The number of nitrogens with zero attached hydrogens (tertiary/aromatic N) is 5. The van der Waals surface area contributed by atoms with Crippen LogP contribution in [0.1, 0.15) is 37.4 Å². The van der Waals surface area contributed by atoms with E-state index < -0.39 is 15.8 Å². The van der Waals surface area contributed by atoms with Crippen LogP contribution in [0.15, 0.2) is 12.4 Å². The van der Waals surface area contributed by atoms with Crippen LogP contribution in [-0.4, -0.2) is 57.9 Å². The Kier molecular flexibility index (Phi) is 4.63. The predicted octanol–water partition coefficient (Wildman–Crippen LogP) is 1.96. The highest BCUT2D eigenvalue weighted by Crippen LogP contribution is 2.36. The molecule has 146 valence electrons. The summed E-state index contributed by atoms with van der Waals surface area (Å²) in [4.78, 5) is 8.43. The molecule has 1 saturated carbocycles. The van der Waals surface area contributed by atoms with Gasteiger partial charge in [0, 0.05) is 30.9 Å². The zero-order chi connectivity index (χ0) is 19.2. The van der Waals surface area contributed by atoms with Crippen molar-refractivity contribution in [2.45, 2.75) is 44.7 Å². The average molecular weight is 394 g/mol. The Morgan fingerprint density at radius 1 is 1.22 bits per heavy atom. The third kappa shape index (κ3) is 3.96. The van der Waals surface area contributed by atoms with Crippen LogP contribution in [0.5, 0.6) is 0 Å². The minimum absolute atomic E-state index is 0.0524. The van der Waals surface area contributed by atoms with E-state index in [1.807, 2.05) is 17.8 Å². The standard InChI is InChI=1S/C17H23FN6O2S/c1-11-14(10-24(22-11)13-3-4-13)16-15(18)9-19-17(21-16)20-12-5-7-23(8-6-12)27(2,25)26/h9-10,12-13H,3-8H2,1-2H3,(H,19,20,21). The lowest BCUT2D eigenvalue weighted by atomic mass is 10.1. The Morgan fingerprint density at radius 2 is 1.93 bits per heavy atom. The van der Waals surface area contributed by atoms with Crippen molar-refractivity contribution < 1.29 is 12.8 Å². The molecular formula is C17H23FN6O2S. The molecule has 1 aliphatic carbocycles. The first kappa shape index (κ1) is 18.3. The molecule has 4 rings (SSSR count). The van der Waals surface area contributed by atoms with E-state index in [2.05, 4.69) is 20.4 Å². The second kappa shape index (κ2) is 6.83. The summed E-state index contributed by atoms with van der Waals surface area (Å²) >= 11 is 0. The minimum Gasteiger partial charge on any atom is -0.351 e. The highest BCUT2D eigenvalue weighted by molar-refractivity contribution is 7.88. The summed E-state index contributed by atoms with van der Waals surface area (Å²) in [6, 6.07) is 0.469. The number of hydrogen-bond donors (Lipinski definition) is 1. The first-order valence-corrected chi connectivity index (χ1v) is 11.0. The van der Waals surface area contributed by atoms with Gasteiger partial charge in [0.05, 0.1) is 24.2 Å². The molecule has 2 aromatic rings. The maximum absolute atomic E-state index is 14.4. The Hall–Kier alpha value is -2.07. The summed E-state index contributed by atoms with van der Waals surface area (Å²) in [5.74, 6) is -0.131. The van der Waals surface area contributed by atoms with Gasteiger partial charge in [0.1, 0.15) is 5.69 Å². The van der Waals surface area contributed by atoms with Gasteiger partial charge in [0.15, 0.2) is 5.82 Å². The van der Waals surface area contributed by atoms with Crippen LogP contribution in [0.2, 0.25) is 0 Å². The van der Waals surface area contributed by atoms with Crippen LogP contribution in [0, 0.1) is 12.7 Å². The van der Waals surface area contributed by atoms with E-state index in [0.29, 0.717) is 43.5 Å². The van der Waals surface area contributed by atoms with Crippen molar-refractivity contribution in [2.24, 2.45) is 0 Å². The highest BCUT2D eigenvalue weighted by atomic mass is 32.2. The molecule has 2 aliphatic rings. The van der Waals surface area contributed by atoms with Gasteiger partial charge in [-0.1, -0.05) is 0 Å². The molecule has 27 heavy (non-hydrogen) atoms. The molecule has 0 radical (unpaired) electrons. The van der Waals surface area contributed by atoms with E-state index >= 15 is 0 Å². The van der Waals surface area contributed by atoms with E-state index in [4.69, 9.17) is 0 Å². The molecular weight excluding hydrogens is 371 g/mol. The van der Waals surface area contributed by atoms with E-state index in [1.165, 1.54) is 16.8 Å². The first-order chi connectivity index (χ1) is 12.8. The average Bonchev–Trinajstić information content (AvgIpc) is 3.39. The van der Waals surface area contributed by atoms with Crippen LogP contribution in [0.4, 0.5) is 10.3 Å². The smallest absolute Gasteiger partial charge is 0.223 e. The summed E-state index contributed by atoms with van der Waals surface area (Å²) in [6.45, 7) is 2.76. The quantitative estimate of drug-likeness (QED) is 0.833. The van der Waals surface area contributed by atoms with Crippen LogP contribution >= 0.6 is 0 Å². The topological polar surface area (TPSA) is 93.0 Å². The minimum atomic E-state index is -3.16. The van der Waals surface area contributed by atoms with Gasteiger partial charge in [-0.15, -0.1) is 0 Å². The highest BCUT2D eigenvalue weighted by Gasteiger charge is 2.27. The fourth-order valence-electron chi connectivity index (χ4n) is 3.38. The Balaban J connectivity index is 1.50. The molecule has 0 bridgehead atoms. The molecule has 2 fully saturated rings. The predicted molar refractivity (Wildman–Crippen MR) is 99.3 cm³/mol. The van der Waals surface area contributed by atoms with Crippen LogP contribution in [-0.2, 0) is 10.0 Å². The van der Waals surface area contributed by atoms with Crippen LogP contribution in [0.25, 0.3) is 11.3 Å². The third-order valence-electron chi connectivity index (χ3n) is 5.09. The van der Waals surface area contributed by atoms with E-state index in [1.54, 1.807) is 0 Å². The number of hydrogen-bond acceptors (Lipinski definition) is 6. The fourth-order valence-corrected chi connectivity index (χ4v) is 4.25. The molecule has 0 unspecified atom stereocenters. The summed E-state index contributed by atoms with van der Waals surface area (Å²) in [5, 5.41) is 7.69. The Labute approximate surface area is 157 Å². The lowest BCUT2D eigenvalue weighted by Crippen LogP contribution is -2.42. The SMILES string of the molecule is Cc1nn(C2CC2)cc1-c1nc(NC2CCN(S(C)(=O)=O)CC2)ncc1F.